The number of aromatic nitrogens is 1. The molecule has 30 heavy (non-hydrogen) atoms. The van der Waals surface area contributed by atoms with E-state index in [1.165, 1.54) is 27.1 Å². The molecular weight excluding hydrogens is 458 g/mol. The van der Waals surface area contributed by atoms with Crippen LogP contribution in [-0.2, 0) is 5.41 Å². The molecule has 1 saturated carbocycles. The third-order valence-electron chi connectivity index (χ3n) is 5.95. The summed E-state index contributed by atoms with van der Waals surface area (Å²) in [6.45, 7) is 9.04. The van der Waals surface area contributed by atoms with Crippen molar-refractivity contribution < 1.29 is 5.11 Å². The molecule has 156 valence electrons. The first-order chi connectivity index (χ1) is 14.2. The zero-order chi connectivity index (χ0) is 21.5. The number of halogens is 1. The molecule has 1 aliphatic rings. The molecule has 0 bridgehead atoms. The van der Waals surface area contributed by atoms with Gasteiger partial charge in [-0.2, -0.15) is 5.10 Å². The van der Waals surface area contributed by atoms with Crippen molar-refractivity contribution >= 4 is 38.6 Å². The maximum Gasteiger partial charge on any atom is 0.203 e. The summed E-state index contributed by atoms with van der Waals surface area (Å²) in [6, 6.07) is 9.85. The van der Waals surface area contributed by atoms with Gasteiger partial charge in [-0.1, -0.05) is 40.5 Å². The Kier molecular flexibility index (Phi) is 5.73. The van der Waals surface area contributed by atoms with Crippen LogP contribution >= 0.6 is 27.3 Å². The van der Waals surface area contributed by atoms with Crippen molar-refractivity contribution in [3.63, 3.8) is 0 Å². The Balaban J connectivity index is 1.41. The maximum atomic E-state index is 9.89. The van der Waals surface area contributed by atoms with E-state index in [9.17, 15) is 5.11 Å². The number of benzene rings is 2. The van der Waals surface area contributed by atoms with Crippen LogP contribution in [0.4, 0.5) is 5.13 Å². The number of phenols is 1. The van der Waals surface area contributed by atoms with Gasteiger partial charge in [0.25, 0.3) is 0 Å². The van der Waals surface area contributed by atoms with Crippen LogP contribution in [0, 0.1) is 20.8 Å². The highest BCUT2D eigenvalue weighted by Gasteiger charge is 2.44. The van der Waals surface area contributed by atoms with E-state index in [1.54, 1.807) is 29.7 Å². The molecule has 1 heterocycles. The van der Waals surface area contributed by atoms with Gasteiger partial charge in [0.2, 0.25) is 5.13 Å². The first kappa shape index (κ1) is 21.1. The molecule has 6 heteroatoms. The molecule has 0 aliphatic heterocycles. The van der Waals surface area contributed by atoms with Gasteiger partial charge >= 0.3 is 0 Å². The summed E-state index contributed by atoms with van der Waals surface area (Å²) >= 11 is 5.06. The van der Waals surface area contributed by atoms with Crippen LogP contribution in [0.5, 0.6) is 5.75 Å². The average molecular weight is 484 g/mol. The number of hydrogen-bond acceptors (Lipinski definition) is 5. The van der Waals surface area contributed by atoms with Crippen molar-refractivity contribution in [2.45, 2.75) is 51.9 Å². The highest BCUT2D eigenvalue weighted by atomic mass is 79.9. The van der Waals surface area contributed by atoms with Crippen LogP contribution in [-0.4, -0.2) is 16.3 Å². The smallest absolute Gasteiger partial charge is 0.203 e. The number of aryl methyl sites for hydroxylation is 3. The molecule has 0 atom stereocenters. The average Bonchev–Trinajstić information content (AvgIpc) is 3.10. The van der Waals surface area contributed by atoms with E-state index >= 15 is 0 Å². The summed E-state index contributed by atoms with van der Waals surface area (Å²) < 4.78 is 0.894. The lowest BCUT2D eigenvalue weighted by molar-refractivity contribution is 0.225. The van der Waals surface area contributed by atoms with E-state index in [0.29, 0.717) is 11.5 Å². The number of phenolic OH excluding ortho intramolecular Hbond substituents is 1. The molecule has 2 N–H and O–H groups in total. The number of aromatic hydroxyl groups is 1. The van der Waals surface area contributed by atoms with Gasteiger partial charge in [-0.3, -0.25) is 5.43 Å². The molecule has 1 aromatic heterocycles. The van der Waals surface area contributed by atoms with Crippen LogP contribution in [0.3, 0.4) is 0 Å². The van der Waals surface area contributed by atoms with Crippen LogP contribution < -0.4 is 5.43 Å². The van der Waals surface area contributed by atoms with Crippen molar-refractivity contribution in [2.24, 2.45) is 5.10 Å². The number of hydrogen-bond donors (Lipinski definition) is 2. The quantitative estimate of drug-likeness (QED) is 0.309. The summed E-state index contributed by atoms with van der Waals surface area (Å²) in [5, 5.41) is 14.9. The van der Waals surface area contributed by atoms with E-state index in [0.717, 1.165) is 22.4 Å². The molecule has 4 rings (SSSR count). The van der Waals surface area contributed by atoms with Crippen LogP contribution in [0.25, 0.3) is 0 Å². The van der Waals surface area contributed by atoms with Crippen molar-refractivity contribution in [3.05, 3.63) is 73.7 Å². The number of rotatable bonds is 5. The first-order valence-electron chi connectivity index (χ1n) is 10.1. The fourth-order valence-corrected chi connectivity index (χ4v) is 6.12. The minimum Gasteiger partial charge on any atom is -0.507 e. The van der Waals surface area contributed by atoms with Gasteiger partial charge in [0, 0.05) is 21.1 Å². The second-order valence-corrected chi connectivity index (χ2v) is 10.6. The molecule has 1 fully saturated rings. The largest absolute Gasteiger partial charge is 0.507 e. The lowest BCUT2D eigenvalue weighted by Crippen LogP contribution is -2.38. The van der Waals surface area contributed by atoms with Gasteiger partial charge in [-0.25, -0.2) is 4.98 Å². The van der Waals surface area contributed by atoms with Crippen LogP contribution in [0.15, 0.2) is 46.1 Å². The molecule has 4 nitrogen and oxygen atoms in total. The summed E-state index contributed by atoms with van der Waals surface area (Å²) in [5.74, 6) is 0.736. The molecular formula is C24H26BrN3OS. The van der Waals surface area contributed by atoms with Crippen LogP contribution in [0.1, 0.15) is 58.4 Å². The predicted molar refractivity (Wildman–Crippen MR) is 129 cm³/mol. The van der Waals surface area contributed by atoms with Gasteiger partial charge in [-0.15, -0.1) is 11.3 Å². The second-order valence-electron chi connectivity index (χ2n) is 8.58. The second kappa shape index (κ2) is 8.16. The Hall–Kier alpha value is -2.18. The highest BCUT2D eigenvalue weighted by Crippen LogP contribution is 2.55. The van der Waals surface area contributed by atoms with Gasteiger partial charge in [0.05, 0.1) is 6.21 Å². The minimum absolute atomic E-state index is 0.194. The molecule has 0 unspecified atom stereocenters. The van der Waals surface area contributed by atoms with E-state index in [-0.39, 0.29) is 11.2 Å². The molecule has 2 aromatic carbocycles. The van der Waals surface area contributed by atoms with E-state index < -0.39 is 0 Å². The molecule has 0 radical (unpaired) electrons. The van der Waals surface area contributed by atoms with Gasteiger partial charge in [0.1, 0.15) is 5.75 Å². The van der Waals surface area contributed by atoms with E-state index in [2.05, 4.69) is 71.3 Å². The first-order valence-corrected chi connectivity index (χ1v) is 11.7. The Morgan fingerprint density at radius 3 is 2.60 bits per heavy atom. The lowest BCUT2D eigenvalue weighted by atomic mass is 9.58. The summed E-state index contributed by atoms with van der Waals surface area (Å²) in [7, 11) is 0. The third-order valence-corrected chi connectivity index (χ3v) is 7.51. The van der Waals surface area contributed by atoms with Crippen LogP contribution in [0.2, 0.25) is 0 Å². The monoisotopic (exact) mass is 483 g/mol. The molecule has 0 amide bonds. The van der Waals surface area contributed by atoms with E-state index in [1.807, 2.05) is 12.3 Å². The van der Waals surface area contributed by atoms with Gasteiger partial charge in [-0.05, 0) is 79.8 Å². The summed E-state index contributed by atoms with van der Waals surface area (Å²) in [6.07, 6.45) is 5.87. The Bertz CT molecular complexity index is 1090. The van der Waals surface area contributed by atoms with Gasteiger partial charge < -0.3 is 5.11 Å². The third kappa shape index (κ3) is 4.16. The fraction of sp³-hybridized carbons (Fsp3) is 0.333. The molecule has 1 aliphatic carbocycles. The number of thiazole rings is 1. The zero-order valence-electron chi connectivity index (χ0n) is 17.7. The van der Waals surface area contributed by atoms with Crippen molar-refractivity contribution in [1.29, 1.82) is 0 Å². The molecule has 0 spiro atoms. The predicted octanol–water partition coefficient (Wildman–Crippen LogP) is 6.82. The number of anilines is 1. The summed E-state index contributed by atoms with van der Waals surface area (Å²) in [4.78, 5) is 5.78. The Morgan fingerprint density at radius 2 is 1.90 bits per heavy atom. The standard InChI is InChI=1S/C24H26BrN3OS/c1-14-7-15(2)22(16(3)8-14)24(4)10-18(11-24)21-13-26-23(30-21)28-27-12-17-9-19(25)5-6-20(17)29/h5-9,12-13,18,29H,10-11H2,1-4H3,(H,26,28). The normalized spacial score (nSPS) is 21.0. The lowest BCUT2D eigenvalue weighted by Gasteiger charge is -2.47. The molecule has 3 aromatic rings. The minimum atomic E-state index is 0.194. The SMILES string of the molecule is Cc1cc(C)c(C2(C)CC(c3cnc(NN=Cc4cc(Br)ccc4O)s3)C2)c(C)c1. The number of nitrogens with zero attached hydrogens (tertiary/aromatic N) is 2. The van der Waals surface area contributed by atoms with Gasteiger partial charge in [0.15, 0.2) is 0 Å². The van der Waals surface area contributed by atoms with E-state index in [4.69, 9.17) is 0 Å². The number of hydrazone groups is 1. The van der Waals surface area contributed by atoms with Crippen molar-refractivity contribution in [1.82, 2.24) is 4.98 Å². The zero-order valence-corrected chi connectivity index (χ0v) is 20.1. The number of nitrogens with one attached hydrogen (secondary N) is 1. The van der Waals surface area contributed by atoms with Crippen molar-refractivity contribution in [3.8, 4) is 5.75 Å². The maximum absolute atomic E-state index is 9.89. The summed E-state index contributed by atoms with van der Waals surface area (Å²) in [5.41, 5.74) is 9.54. The molecule has 0 saturated heterocycles. The fourth-order valence-electron chi connectivity index (χ4n) is 4.88. The Labute approximate surface area is 190 Å². The highest BCUT2D eigenvalue weighted by molar-refractivity contribution is 9.10. The topological polar surface area (TPSA) is 57.5 Å². The Morgan fingerprint density at radius 1 is 1.20 bits per heavy atom. The van der Waals surface area contributed by atoms with Crippen molar-refractivity contribution in [2.75, 3.05) is 5.43 Å².